The smallest absolute Gasteiger partial charge is 0.282 e. The predicted octanol–water partition coefficient (Wildman–Crippen LogP) is 2.17. The van der Waals surface area contributed by atoms with Crippen LogP contribution in [0.2, 0.25) is 0 Å². The van der Waals surface area contributed by atoms with Crippen molar-refractivity contribution >= 4 is 11.6 Å². The van der Waals surface area contributed by atoms with Crippen molar-refractivity contribution in [3.05, 3.63) is 65.2 Å². The molecule has 1 unspecified atom stereocenters. The Morgan fingerprint density at radius 3 is 2.71 bits per heavy atom. The third kappa shape index (κ3) is 2.73. The molecule has 2 atom stereocenters. The summed E-state index contributed by atoms with van der Waals surface area (Å²) in [6.45, 7) is 1.39. The van der Waals surface area contributed by atoms with Crippen LogP contribution in [0, 0.1) is 0 Å². The highest BCUT2D eigenvalue weighted by Gasteiger charge is 2.31. The molecule has 4 rings (SSSR count). The summed E-state index contributed by atoms with van der Waals surface area (Å²) < 4.78 is 0. The molecule has 3 nitrogen and oxygen atoms in total. The summed E-state index contributed by atoms with van der Waals surface area (Å²) in [5.41, 5.74) is 5.31. The molecule has 0 saturated heterocycles. The Morgan fingerprint density at radius 1 is 1.08 bits per heavy atom. The van der Waals surface area contributed by atoms with Gasteiger partial charge in [-0.05, 0) is 36.5 Å². The van der Waals surface area contributed by atoms with E-state index in [-0.39, 0.29) is 5.91 Å². The van der Waals surface area contributed by atoms with E-state index in [0.29, 0.717) is 12.6 Å². The number of carbonyl (C=O) groups excluding carboxylic acids is 1. The largest absolute Gasteiger partial charge is 0.323 e. The quantitative estimate of drug-likeness (QED) is 0.921. The Labute approximate surface area is 143 Å². The van der Waals surface area contributed by atoms with Crippen LogP contribution in [0.4, 0.5) is 5.69 Å². The number of quaternary nitrogens is 1. The number of fused-ring (bicyclic) bond motifs is 2. The van der Waals surface area contributed by atoms with Gasteiger partial charge in [0, 0.05) is 24.2 Å². The molecule has 2 aromatic rings. The van der Waals surface area contributed by atoms with Crippen molar-refractivity contribution in [2.45, 2.75) is 31.7 Å². The van der Waals surface area contributed by atoms with Gasteiger partial charge in [-0.25, -0.2) is 0 Å². The Morgan fingerprint density at radius 2 is 1.83 bits per heavy atom. The van der Waals surface area contributed by atoms with Crippen LogP contribution in [0.15, 0.2) is 48.5 Å². The molecule has 0 saturated carbocycles. The van der Waals surface area contributed by atoms with Crippen LogP contribution in [-0.2, 0) is 17.6 Å². The average Bonchev–Trinajstić information content (AvgIpc) is 3.05. The Balaban J connectivity index is 1.49. The van der Waals surface area contributed by atoms with E-state index in [1.54, 1.807) is 0 Å². The van der Waals surface area contributed by atoms with Crippen molar-refractivity contribution in [1.82, 2.24) is 0 Å². The number of nitrogens with zero attached hydrogens (tertiary/aromatic N) is 1. The first kappa shape index (κ1) is 15.4. The van der Waals surface area contributed by atoms with Gasteiger partial charge >= 0.3 is 0 Å². The van der Waals surface area contributed by atoms with Crippen molar-refractivity contribution in [1.29, 1.82) is 0 Å². The lowest BCUT2D eigenvalue weighted by Crippen LogP contribution is -3.10. The molecule has 0 spiro atoms. The molecule has 1 amide bonds. The Bertz CT molecular complexity index is 755. The third-order valence-electron chi connectivity index (χ3n) is 5.58. The Hall–Kier alpha value is -2.13. The summed E-state index contributed by atoms with van der Waals surface area (Å²) in [4.78, 5) is 16.2. The minimum atomic E-state index is 0.250. The van der Waals surface area contributed by atoms with Crippen molar-refractivity contribution in [3.63, 3.8) is 0 Å². The van der Waals surface area contributed by atoms with Gasteiger partial charge in [0.15, 0.2) is 6.54 Å². The van der Waals surface area contributed by atoms with E-state index >= 15 is 0 Å². The monoisotopic (exact) mass is 321 g/mol. The predicted molar refractivity (Wildman–Crippen MR) is 96.4 cm³/mol. The average molecular weight is 321 g/mol. The van der Waals surface area contributed by atoms with Crippen LogP contribution in [-0.4, -0.2) is 26.0 Å². The number of nitrogens with one attached hydrogen (secondary N) is 1. The highest BCUT2D eigenvalue weighted by atomic mass is 16.2. The van der Waals surface area contributed by atoms with Gasteiger partial charge in [0.1, 0.15) is 6.04 Å². The van der Waals surface area contributed by atoms with Crippen LogP contribution in [0.3, 0.4) is 0 Å². The molecule has 2 aliphatic rings. The first-order valence-corrected chi connectivity index (χ1v) is 9.02. The topological polar surface area (TPSA) is 24.8 Å². The van der Waals surface area contributed by atoms with Crippen LogP contribution < -0.4 is 9.80 Å². The lowest BCUT2D eigenvalue weighted by atomic mass is 9.87. The number of likely N-dealkylation sites (N-methyl/N-ethyl adjacent to an activating group) is 1. The number of aryl methyl sites for hydroxylation is 1. The summed E-state index contributed by atoms with van der Waals surface area (Å²) in [5, 5.41) is 0. The summed E-state index contributed by atoms with van der Waals surface area (Å²) >= 11 is 0. The lowest BCUT2D eigenvalue weighted by molar-refractivity contribution is -0.905. The van der Waals surface area contributed by atoms with Crippen molar-refractivity contribution in [2.24, 2.45) is 0 Å². The van der Waals surface area contributed by atoms with Crippen LogP contribution in [0.1, 0.15) is 35.6 Å². The molecule has 1 aliphatic heterocycles. The molecule has 24 heavy (non-hydrogen) atoms. The molecule has 124 valence electrons. The number of amides is 1. The Kier molecular flexibility index (Phi) is 4.11. The van der Waals surface area contributed by atoms with Gasteiger partial charge in [-0.3, -0.25) is 4.79 Å². The van der Waals surface area contributed by atoms with Gasteiger partial charge in [-0.1, -0.05) is 42.5 Å². The van der Waals surface area contributed by atoms with Crippen LogP contribution in [0.25, 0.3) is 0 Å². The second-order valence-electron chi connectivity index (χ2n) is 7.09. The fourth-order valence-corrected chi connectivity index (χ4v) is 4.32. The van der Waals surface area contributed by atoms with Crippen LogP contribution >= 0.6 is 0 Å². The van der Waals surface area contributed by atoms with E-state index < -0.39 is 0 Å². The highest BCUT2D eigenvalue weighted by Crippen LogP contribution is 2.28. The van der Waals surface area contributed by atoms with E-state index in [4.69, 9.17) is 0 Å². The molecule has 2 aromatic carbocycles. The number of para-hydroxylation sites is 1. The molecular formula is C21H25N2O+. The summed E-state index contributed by atoms with van der Waals surface area (Å²) in [7, 11) is 2.17. The summed E-state index contributed by atoms with van der Waals surface area (Å²) in [6, 6.07) is 17.5. The number of carbonyl (C=O) groups is 1. The number of anilines is 1. The zero-order valence-electron chi connectivity index (χ0n) is 14.3. The number of rotatable bonds is 3. The van der Waals surface area contributed by atoms with E-state index in [2.05, 4.69) is 49.5 Å². The summed E-state index contributed by atoms with van der Waals surface area (Å²) in [6.07, 6.45) is 4.55. The second-order valence-corrected chi connectivity index (χ2v) is 7.09. The molecular weight excluding hydrogens is 296 g/mol. The standard InChI is InChI=1S/C21H24N2O/c1-22(20-12-6-9-16-7-2-4-10-18(16)20)15-21(24)23-14-13-17-8-3-5-11-19(17)23/h2-5,7-8,10-11,20H,6,9,12-15H2,1H3/p+1/t20-/m1/s1. The fourth-order valence-electron chi connectivity index (χ4n) is 4.32. The van der Waals surface area contributed by atoms with Crippen LogP contribution in [0.5, 0.6) is 0 Å². The van der Waals surface area contributed by atoms with Gasteiger partial charge in [-0.2, -0.15) is 0 Å². The van der Waals surface area contributed by atoms with Crippen molar-refractivity contribution in [3.8, 4) is 0 Å². The van der Waals surface area contributed by atoms with Gasteiger partial charge in [0.25, 0.3) is 5.91 Å². The van der Waals surface area contributed by atoms with Gasteiger partial charge in [0.05, 0.1) is 7.05 Å². The van der Waals surface area contributed by atoms with E-state index in [1.165, 1.54) is 40.9 Å². The molecule has 0 aromatic heterocycles. The SMILES string of the molecule is C[NH+](CC(=O)N1CCc2ccccc21)[C@@H]1CCCc2ccccc21. The summed E-state index contributed by atoms with van der Waals surface area (Å²) in [5.74, 6) is 0.250. The minimum absolute atomic E-state index is 0.250. The van der Waals surface area contributed by atoms with Gasteiger partial charge in [-0.15, -0.1) is 0 Å². The van der Waals surface area contributed by atoms with Gasteiger partial charge < -0.3 is 9.80 Å². The first-order chi connectivity index (χ1) is 11.7. The zero-order valence-corrected chi connectivity index (χ0v) is 14.3. The molecule has 0 bridgehead atoms. The maximum absolute atomic E-state index is 12.9. The molecule has 0 fully saturated rings. The maximum atomic E-state index is 12.9. The second kappa shape index (κ2) is 6.40. The molecule has 0 radical (unpaired) electrons. The van der Waals surface area contributed by atoms with E-state index in [0.717, 1.165) is 18.7 Å². The van der Waals surface area contributed by atoms with Crippen molar-refractivity contribution in [2.75, 3.05) is 25.0 Å². The number of benzene rings is 2. The van der Waals surface area contributed by atoms with E-state index in [9.17, 15) is 4.79 Å². The normalized spacial score (nSPS) is 20.4. The minimum Gasteiger partial charge on any atom is -0.323 e. The first-order valence-electron chi connectivity index (χ1n) is 9.02. The molecule has 1 heterocycles. The van der Waals surface area contributed by atoms with E-state index in [1.807, 2.05) is 11.0 Å². The lowest BCUT2D eigenvalue weighted by Gasteiger charge is -2.31. The number of hydrogen-bond donors (Lipinski definition) is 1. The molecule has 1 aliphatic carbocycles. The highest BCUT2D eigenvalue weighted by molar-refractivity contribution is 5.96. The third-order valence-corrected chi connectivity index (χ3v) is 5.58. The fraction of sp³-hybridized carbons (Fsp3) is 0.381. The maximum Gasteiger partial charge on any atom is 0.282 e. The zero-order chi connectivity index (χ0) is 16.5. The van der Waals surface area contributed by atoms with Crippen molar-refractivity contribution < 1.29 is 9.69 Å². The number of hydrogen-bond acceptors (Lipinski definition) is 1. The molecule has 1 N–H and O–H groups in total. The van der Waals surface area contributed by atoms with Gasteiger partial charge in [0.2, 0.25) is 0 Å². The molecule has 3 heteroatoms.